The van der Waals surface area contributed by atoms with E-state index in [4.69, 9.17) is 4.74 Å². The molecule has 1 aliphatic rings. The number of pyridine rings is 1. The third-order valence-electron chi connectivity index (χ3n) is 4.85. The molecule has 1 amide bonds. The molecular weight excluding hydrogens is 326 g/mol. The van der Waals surface area contributed by atoms with Gasteiger partial charge in [0.25, 0.3) is 5.91 Å². The third kappa shape index (κ3) is 4.75. The van der Waals surface area contributed by atoms with Crippen molar-refractivity contribution in [3.63, 3.8) is 0 Å². The molecule has 0 aliphatic carbocycles. The first-order valence-corrected chi connectivity index (χ1v) is 9.28. The van der Waals surface area contributed by atoms with E-state index in [0.717, 1.165) is 31.1 Å². The fourth-order valence-electron chi connectivity index (χ4n) is 3.34. The number of rotatable bonds is 6. The maximum absolute atomic E-state index is 12.5. The molecule has 5 heteroatoms. The summed E-state index contributed by atoms with van der Waals surface area (Å²) in [5, 5.41) is 3.00. The van der Waals surface area contributed by atoms with Crippen molar-refractivity contribution >= 4 is 11.7 Å². The van der Waals surface area contributed by atoms with E-state index in [1.54, 1.807) is 19.4 Å². The first-order chi connectivity index (χ1) is 12.7. The van der Waals surface area contributed by atoms with Crippen molar-refractivity contribution in [1.29, 1.82) is 0 Å². The van der Waals surface area contributed by atoms with Gasteiger partial charge >= 0.3 is 0 Å². The molecule has 138 valence electrons. The number of methoxy groups -OCH3 is 1. The Labute approximate surface area is 155 Å². The predicted octanol–water partition coefficient (Wildman–Crippen LogP) is 3.30. The molecule has 2 aromatic rings. The summed E-state index contributed by atoms with van der Waals surface area (Å²) in [6.07, 6.45) is 4.97. The molecule has 1 atom stereocenters. The van der Waals surface area contributed by atoms with Crippen LogP contribution >= 0.6 is 0 Å². The highest BCUT2D eigenvalue weighted by atomic mass is 16.5. The average Bonchev–Trinajstić information content (AvgIpc) is 2.68. The molecule has 0 bridgehead atoms. The van der Waals surface area contributed by atoms with Gasteiger partial charge in [-0.15, -0.1) is 0 Å². The Kier molecular flexibility index (Phi) is 6.10. The number of benzene rings is 1. The molecule has 2 heterocycles. The first kappa shape index (κ1) is 18.2. The quantitative estimate of drug-likeness (QED) is 0.866. The summed E-state index contributed by atoms with van der Waals surface area (Å²) in [7, 11) is 1.66. The van der Waals surface area contributed by atoms with Crippen LogP contribution in [0.2, 0.25) is 0 Å². The molecule has 1 aliphatic heterocycles. The fourth-order valence-corrected chi connectivity index (χ4v) is 3.34. The monoisotopic (exact) mass is 353 g/mol. The number of carbonyl (C=O) groups excluding carboxylic acids is 1. The van der Waals surface area contributed by atoms with Gasteiger partial charge in [-0.25, -0.2) is 4.98 Å². The summed E-state index contributed by atoms with van der Waals surface area (Å²) in [6.45, 7) is 4.89. The van der Waals surface area contributed by atoms with Crippen LogP contribution in [0.15, 0.2) is 42.6 Å². The van der Waals surface area contributed by atoms with Crippen molar-refractivity contribution in [3.8, 4) is 5.75 Å². The first-order valence-electron chi connectivity index (χ1n) is 9.28. The Morgan fingerprint density at radius 1 is 1.31 bits per heavy atom. The average molecular weight is 353 g/mol. The van der Waals surface area contributed by atoms with Crippen LogP contribution in [0.1, 0.15) is 35.7 Å². The molecule has 1 aromatic carbocycles. The summed E-state index contributed by atoms with van der Waals surface area (Å²) in [4.78, 5) is 19.2. The highest BCUT2D eigenvalue weighted by Gasteiger charge is 2.18. The largest absolute Gasteiger partial charge is 0.497 e. The van der Waals surface area contributed by atoms with E-state index in [-0.39, 0.29) is 5.91 Å². The number of aromatic nitrogens is 1. The van der Waals surface area contributed by atoms with Crippen molar-refractivity contribution in [3.05, 3.63) is 53.7 Å². The number of carbonyl (C=O) groups is 1. The van der Waals surface area contributed by atoms with Crippen LogP contribution in [0.4, 0.5) is 5.82 Å². The van der Waals surface area contributed by atoms with Crippen molar-refractivity contribution in [2.75, 3.05) is 31.6 Å². The van der Waals surface area contributed by atoms with Gasteiger partial charge in [0.15, 0.2) is 0 Å². The van der Waals surface area contributed by atoms with Crippen molar-refractivity contribution in [1.82, 2.24) is 10.3 Å². The second-order valence-corrected chi connectivity index (χ2v) is 6.95. The van der Waals surface area contributed by atoms with Gasteiger partial charge in [0.2, 0.25) is 0 Å². The summed E-state index contributed by atoms with van der Waals surface area (Å²) in [5.41, 5.74) is 1.84. The third-order valence-corrected chi connectivity index (χ3v) is 4.85. The molecule has 1 aromatic heterocycles. The SMILES string of the molecule is COc1ccc(CCNC(=O)c2ccnc(N3CCCC(C)C3)c2)cc1. The maximum Gasteiger partial charge on any atom is 0.251 e. The van der Waals surface area contributed by atoms with Crippen LogP contribution in [-0.2, 0) is 6.42 Å². The molecule has 1 fully saturated rings. The summed E-state index contributed by atoms with van der Waals surface area (Å²) >= 11 is 0. The molecule has 0 saturated carbocycles. The zero-order chi connectivity index (χ0) is 18.4. The number of hydrogen-bond donors (Lipinski definition) is 1. The second-order valence-electron chi connectivity index (χ2n) is 6.95. The fraction of sp³-hybridized carbons (Fsp3) is 0.429. The van der Waals surface area contributed by atoms with Gasteiger partial charge in [-0.3, -0.25) is 4.79 Å². The van der Waals surface area contributed by atoms with E-state index in [1.807, 2.05) is 30.3 Å². The standard InChI is InChI=1S/C21H27N3O2/c1-16-4-3-13-24(15-16)20-14-18(10-12-22-20)21(25)23-11-9-17-5-7-19(26-2)8-6-17/h5-8,10,12,14,16H,3-4,9,11,13,15H2,1-2H3,(H,23,25). The number of nitrogens with zero attached hydrogens (tertiary/aromatic N) is 2. The molecule has 1 saturated heterocycles. The van der Waals surface area contributed by atoms with E-state index in [1.165, 1.54) is 18.4 Å². The normalized spacial score (nSPS) is 17.0. The Morgan fingerprint density at radius 2 is 2.12 bits per heavy atom. The van der Waals surface area contributed by atoms with Gasteiger partial charge in [-0.1, -0.05) is 19.1 Å². The smallest absolute Gasteiger partial charge is 0.251 e. The van der Waals surface area contributed by atoms with Crippen LogP contribution < -0.4 is 15.0 Å². The number of hydrogen-bond acceptors (Lipinski definition) is 4. The van der Waals surface area contributed by atoms with Gasteiger partial charge < -0.3 is 15.0 Å². The van der Waals surface area contributed by atoms with Gasteiger partial charge in [0, 0.05) is 31.4 Å². The van der Waals surface area contributed by atoms with E-state index in [0.29, 0.717) is 18.0 Å². The van der Waals surface area contributed by atoms with Gasteiger partial charge in [0.1, 0.15) is 11.6 Å². The van der Waals surface area contributed by atoms with Crippen LogP contribution in [0.5, 0.6) is 5.75 Å². The Balaban J connectivity index is 1.54. The van der Waals surface area contributed by atoms with Crippen LogP contribution in [0, 0.1) is 5.92 Å². The Hall–Kier alpha value is -2.56. The molecule has 0 spiro atoms. The lowest BCUT2D eigenvalue weighted by molar-refractivity contribution is 0.0954. The lowest BCUT2D eigenvalue weighted by Crippen LogP contribution is -2.35. The molecule has 1 N–H and O–H groups in total. The minimum absolute atomic E-state index is 0.0489. The number of piperidine rings is 1. The van der Waals surface area contributed by atoms with Gasteiger partial charge in [-0.2, -0.15) is 0 Å². The lowest BCUT2D eigenvalue weighted by atomic mass is 10.0. The molecular formula is C21H27N3O2. The summed E-state index contributed by atoms with van der Waals surface area (Å²) in [6, 6.07) is 11.6. The van der Waals surface area contributed by atoms with Gasteiger partial charge in [-0.05, 0) is 55.0 Å². The second kappa shape index (κ2) is 8.70. The topological polar surface area (TPSA) is 54.5 Å². The van der Waals surface area contributed by atoms with Crippen molar-refractivity contribution in [2.45, 2.75) is 26.2 Å². The zero-order valence-electron chi connectivity index (χ0n) is 15.6. The van der Waals surface area contributed by atoms with Crippen LogP contribution in [0.3, 0.4) is 0 Å². The van der Waals surface area contributed by atoms with Crippen LogP contribution in [0.25, 0.3) is 0 Å². The maximum atomic E-state index is 12.5. The number of amides is 1. The zero-order valence-corrected chi connectivity index (χ0v) is 15.6. The lowest BCUT2D eigenvalue weighted by Gasteiger charge is -2.31. The Bertz CT molecular complexity index is 730. The van der Waals surface area contributed by atoms with E-state index in [9.17, 15) is 4.79 Å². The molecule has 3 rings (SSSR count). The van der Waals surface area contributed by atoms with E-state index in [2.05, 4.69) is 22.1 Å². The Morgan fingerprint density at radius 3 is 2.85 bits per heavy atom. The molecule has 1 unspecified atom stereocenters. The van der Waals surface area contributed by atoms with Gasteiger partial charge in [0.05, 0.1) is 7.11 Å². The summed E-state index contributed by atoms with van der Waals surface area (Å²) < 4.78 is 5.16. The highest BCUT2D eigenvalue weighted by Crippen LogP contribution is 2.21. The molecule has 5 nitrogen and oxygen atoms in total. The molecule has 0 radical (unpaired) electrons. The van der Waals surface area contributed by atoms with Crippen molar-refractivity contribution in [2.24, 2.45) is 5.92 Å². The van der Waals surface area contributed by atoms with Crippen molar-refractivity contribution < 1.29 is 9.53 Å². The number of anilines is 1. The highest BCUT2D eigenvalue weighted by molar-refractivity contribution is 5.94. The predicted molar refractivity (Wildman–Crippen MR) is 104 cm³/mol. The molecule has 26 heavy (non-hydrogen) atoms. The minimum Gasteiger partial charge on any atom is -0.497 e. The number of ether oxygens (including phenoxy) is 1. The van der Waals surface area contributed by atoms with E-state index < -0.39 is 0 Å². The minimum atomic E-state index is -0.0489. The van der Waals surface area contributed by atoms with Crippen LogP contribution in [-0.4, -0.2) is 37.6 Å². The van der Waals surface area contributed by atoms with E-state index >= 15 is 0 Å². The number of nitrogens with one attached hydrogen (secondary N) is 1. The summed E-state index contributed by atoms with van der Waals surface area (Å²) in [5.74, 6) is 2.37.